The second-order valence-corrected chi connectivity index (χ2v) is 14.1. The lowest BCUT2D eigenvalue weighted by Crippen LogP contribution is -2.50. The highest BCUT2D eigenvalue weighted by Crippen LogP contribution is 2.14. The molecule has 0 aromatic carbocycles. The molecule has 0 fully saturated rings. The smallest absolute Gasteiger partial charge is 0.303 e. The van der Waals surface area contributed by atoms with Crippen molar-refractivity contribution < 1.29 is 58.0 Å². The second kappa shape index (κ2) is 40.5. The van der Waals surface area contributed by atoms with Gasteiger partial charge in [-0.25, -0.2) is 5.48 Å². The maximum Gasteiger partial charge on any atom is 0.303 e. The number of ketones is 1. The van der Waals surface area contributed by atoms with E-state index >= 15 is 0 Å². The van der Waals surface area contributed by atoms with Crippen LogP contribution in [0.2, 0.25) is 0 Å². The summed E-state index contributed by atoms with van der Waals surface area (Å²) in [7, 11) is 0. The minimum Gasteiger partial charge on any atom is -0.481 e. The van der Waals surface area contributed by atoms with E-state index in [-0.39, 0.29) is 95.9 Å². The average Bonchev–Trinajstić information content (AvgIpc) is 3.19. The number of carboxylic acids is 1. The molecule has 0 aromatic rings. The first kappa shape index (κ1) is 54.7. The maximum absolute atomic E-state index is 12.4. The van der Waals surface area contributed by atoms with E-state index in [2.05, 4.69) is 26.7 Å². The number of aliphatic carboxylic acids is 1. The third kappa shape index (κ3) is 37.0. The summed E-state index contributed by atoms with van der Waals surface area (Å²) in [4.78, 5) is 75.0. The Labute approximate surface area is 344 Å². The van der Waals surface area contributed by atoms with E-state index < -0.39 is 30.6 Å². The van der Waals surface area contributed by atoms with E-state index in [1.54, 1.807) is 0 Å². The standard InChI is InChI=1S/C39H75N7O12/c40-31-45-32(34(48)27-44-33(28-47)39(41)54)17-15-16-20-42-36(50)29-56-24-23-55-22-21-43-37(51)30-57-25-26-58-46-35(49)18-13-11-9-7-5-3-1-2-4-6-8-10-12-14-19-38(52)53/h32-33,44-45,47H,1-31,40H2,(H2,41,54)(H,42,50)(H,43,51)(H,46,49)(H,52,53)/t32-,33-/m0/s1. The van der Waals surface area contributed by atoms with Gasteiger partial charge in [-0.1, -0.05) is 77.0 Å². The number of carboxylic acid groups (broad SMARTS) is 1. The summed E-state index contributed by atoms with van der Waals surface area (Å²) in [6, 6.07) is -1.55. The molecule has 0 rings (SSSR count). The van der Waals surface area contributed by atoms with E-state index in [4.69, 9.17) is 40.7 Å². The molecule has 19 heteroatoms. The first-order valence-corrected chi connectivity index (χ1v) is 21.1. The van der Waals surface area contributed by atoms with Crippen LogP contribution in [0.25, 0.3) is 0 Å². The molecule has 338 valence electrons. The number of aliphatic hydroxyl groups excluding tert-OH is 1. The lowest BCUT2D eigenvalue weighted by atomic mass is 10.0. The highest BCUT2D eigenvalue weighted by atomic mass is 16.7. The van der Waals surface area contributed by atoms with E-state index in [9.17, 15) is 28.8 Å². The van der Waals surface area contributed by atoms with Gasteiger partial charge in [0.05, 0.1) is 52.2 Å². The molecule has 0 aromatic heterocycles. The van der Waals surface area contributed by atoms with Crippen molar-refractivity contribution in [1.29, 1.82) is 0 Å². The zero-order chi connectivity index (χ0) is 42.9. The van der Waals surface area contributed by atoms with Gasteiger partial charge in [-0.2, -0.15) is 0 Å². The first-order chi connectivity index (χ1) is 28.1. The zero-order valence-electron chi connectivity index (χ0n) is 34.7. The summed E-state index contributed by atoms with van der Waals surface area (Å²) in [6.07, 6.45) is 18.2. The van der Waals surface area contributed by atoms with Gasteiger partial charge in [0.25, 0.3) is 0 Å². The highest BCUT2D eigenvalue weighted by molar-refractivity contribution is 5.87. The molecule has 58 heavy (non-hydrogen) atoms. The number of hydroxylamine groups is 1. The van der Waals surface area contributed by atoms with Crippen LogP contribution >= 0.6 is 0 Å². The Morgan fingerprint density at radius 1 is 0.552 bits per heavy atom. The minimum atomic E-state index is -1.01. The van der Waals surface area contributed by atoms with Crippen LogP contribution in [-0.4, -0.2) is 137 Å². The molecule has 0 saturated carbocycles. The molecule has 11 N–H and O–H groups in total. The Morgan fingerprint density at radius 2 is 1.07 bits per heavy atom. The number of ether oxygens (including phenoxy) is 3. The Morgan fingerprint density at radius 3 is 1.60 bits per heavy atom. The normalized spacial score (nSPS) is 12.2. The van der Waals surface area contributed by atoms with Gasteiger partial charge in [0.1, 0.15) is 19.3 Å². The quantitative estimate of drug-likeness (QED) is 0.0232. The Bertz CT molecular complexity index is 1090. The summed E-state index contributed by atoms with van der Waals surface area (Å²) < 4.78 is 15.9. The molecule has 2 atom stereocenters. The molecular formula is C39H75N7O12. The van der Waals surface area contributed by atoms with Crippen LogP contribution in [0.3, 0.4) is 0 Å². The van der Waals surface area contributed by atoms with Crippen LogP contribution in [0.15, 0.2) is 0 Å². The predicted octanol–water partition coefficient (Wildman–Crippen LogP) is 0.692. The molecule has 0 spiro atoms. The lowest BCUT2D eigenvalue weighted by molar-refractivity contribution is -0.137. The van der Waals surface area contributed by atoms with Gasteiger partial charge in [0, 0.05) is 32.6 Å². The fourth-order valence-electron chi connectivity index (χ4n) is 5.70. The average molecular weight is 834 g/mol. The second-order valence-electron chi connectivity index (χ2n) is 14.1. The molecule has 0 aliphatic heterocycles. The summed E-state index contributed by atoms with van der Waals surface area (Å²) in [5, 5.41) is 28.7. The first-order valence-electron chi connectivity index (χ1n) is 21.1. The fourth-order valence-corrected chi connectivity index (χ4v) is 5.70. The number of amides is 4. The van der Waals surface area contributed by atoms with Crippen molar-refractivity contribution in [2.24, 2.45) is 11.5 Å². The third-order valence-corrected chi connectivity index (χ3v) is 9.01. The minimum absolute atomic E-state index is 0.0888. The van der Waals surface area contributed by atoms with E-state index in [1.165, 1.54) is 51.4 Å². The topological polar surface area (TPSA) is 292 Å². The van der Waals surface area contributed by atoms with Crippen molar-refractivity contribution in [2.75, 3.05) is 79.2 Å². The number of nitrogens with one attached hydrogen (secondary N) is 5. The van der Waals surface area contributed by atoms with E-state index in [1.807, 2.05) is 0 Å². The Hall–Kier alpha value is -3.30. The molecule has 0 aliphatic carbocycles. The number of aliphatic hydroxyl groups is 1. The molecular weight excluding hydrogens is 758 g/mol. The number of carbonyl (C=O) groups excluding carboxylic acids is 5. The van der Waals surface area contributed by atoms with Crippen molar-refractivity contribution in [2.45, 2.75) is 134 Å². The Balaban J connectivity index is 3.54. The van der Waals surface area contributed by atoms with Crippen LogP contribution in [0, 0.1) is 0 Å². The monoisotopic (exact) mass is 834 g/mol. The number of carbonyl (C=O) groups is 6. The van der Waals surface area contributed by atoms with E-state index in [0.29, 0.717) is 32.2 Å². The molecule has 0 radical (unpaired) electrons. The van der Waals surface area contributed by atoms with Crippen molar-refractivity contribution >= 4 is 35.4 Å². The number of rotatable bonds is 44. The molecule has 0 heterocycles. The lowest BCUT2D eigenvalue weighted by Gasteiger charge is -2.18. The fraction of sp³-hybridized carbons (Fsp3) is 0.846. The molecule has 0 unspecified atom stereocenters. The summed E-state index contributed by atoms with van der Waals surface area (Å²) in [5.41, 5.74) is 13.1. The molecule has 19 nitrogen and oxygen atoms in total. The molecule has 0 aliphatic rings. The van der Waals surface area contributed by atoms with Crippen molar-refractivity contribution in [3.8, 4) is 0 Å². The Kier molecular flexibility index (Phi) is 38.2. The summed E-state index contributed by atoms with van der Waals surface area (Å²) >= 11 is 0. The van der Waals surface area contributed by atoms with Crippen molar-refractivity contribution in [1.82, 2.24) is 26.7 Å². The number of hydrogen-bond acceptors (Lipinski definition) is 14. The number of unbranched alkanes of at least 4 members (excludes halogenated alkanes) is 14. The van der Waals surface area contributed by atoms with Crippen LogP contribution in [0.1, 0.15) is 122 Å². The zero-order valence-corrected chi connectivity index (χ0v) is 34.7. The number of Topliss-reactive ketones (excluding diaryl/α,β-unsaturated/α-hetero) is 1. The van der Waals surface area contributed by atoms with Gasteiger partial charge in [-0.05, 0) is 32.1 Å². The van der Waals surface area contributed by atoms with Crippen LogP contribution in [0.4, 0.5) is 0 Å². The van der Waals surface area contributed by atoms with Crippen molar-refractivity contribution in [3.05, 3.63) is 0 Å². The highest BCUT2D eigenvalue weighted by Gasteiger charge is 2.20. The summed E-state index contributed by atoms with van der Waals surface area (Å²) in [5.74, 6) is -2.45. The largest absolute Gasteiger partial charge is 0.481 e. The van der Waals surface area contributed by atoms with Crippen LogP contribution in [-0.2, 0) is 47.8 Å². The number of hydrogen-bond donors (Lipinski definition) is 9. The van der Waals surface area contributed by atoms with Gasteiger partial charge in [-0.15, -0.1) is 0 Å². The predicted molar refractivity (Wildman–Crippen MR) is 217 cm³/mol. The van der Waals surface area contributed by atoms with Gasteiger partial charge in [0.2, 0.25) is 23.6 Å². The molecule has 0 bridgehead atoms. The third-order valence-electron chi connectivity index (χ3n) is 9.01. The van der Waals surface area contributed by atoms with Gasteiger partial charge in [-0.3, -0.25) is 44.2 Å². The number of primary amides is 1. The van der Waals surface area contributed by atoms with Crippen LogP contribution < -0.4 is 38.2 Å². The van der Waals surface area contributed by atoms with Crippen molar-refractivity contribution in [3.63, 3.8) is 0 Å². The maximum atomic E-state index is 12.4. The van der Waals surface area contributed by atoms with E-state index in [0.717, 1.165) is 38.5 Å². The summed E-state index contributed by atoms with van der Waals surface area (Å²) in [6.45, 7) is 0.758. The molecule has 0 saturated heterocycles. The molecule has 4 amide bonds. The van der Waals surface area contributed by atoms with Gasteiger partial charge < -0.3 is 46.5 Å². The van der Waals surface area contributed by atoms with Gasteiger partial charge in [0.15, 0.2) is 5.78 Å². The number of nitrogens with two attached hydrogens (primary N) is 2. The van der Waals surface area contributed by atoms with Gasteiger partial charge >= 0.3 is 5.97 Å². The van der Waals surface area contributed by atoms with Crippen LogP contribution in [0.5, 0.6) is 0 Å². The SMILES string of the molecule is NCN[C@@H](CCCCNC(=O)COCCOCCNC(=O)COCCONC(=O)CCCCCCCCCCCCCCCCC(=O)O)C(=O)CN[C@@H](CO)C(N)=O.